The number of anilines is 1. The highest BCUT2D eigenvalue weighted by Crippen LogP contribution is 2.32. The number of alkyl carbamates (subject to hydrolysis) is 1. The van der Waals surface area contributed by atoms with Crippen molar-refractivity contribution in [1.82, 2.24) is 15.3 Å². The quantitative estimate of drug-likeness (QED) is 0.542. The van der Waals surface area contributed by atoms with Crippen molar-refractivity contribution < 1.29 is 23.0 Å². The third-order valence-corrected chi connectivity index (χ3v) is 5.53. The number of aromatic nitrogens is 2. The van der Waals surface area contributed by atoms with Crippen molar-refractivity contribution >= 4 is 12.0 Å². The number of nitrogens with zero attached hydrogens (tertiary/aromatic N) is 3. The molecule has 1 saturated heterocycles. The van der Waals surface area contributed by atoms with Crippen molar-refractivity contribution in [3.63, 3.8) is 0 Å². The minimum Gasteiger partial charge on any atom is -0.486 e. The van der Waals surface area contributed by atoms with Gasteiger partial charge >= 0.3 is 6.09 Å². The Bertz CT molecular complexity index is 1150. The topological polar surface area (TPSA) is 76.6 Å². The van der Waals surface area contributed by atoms with Crippen molar-refractivity contribution in [2.75, 3.05) is 18.0 Å². The van der Waals surface area contributed by atoms with E-state index in [0.717, 1.165) is 23.8 Å². The number of ether oxygens (including phenoxy) is 2. The Morgan fingerprint density at radius 1 is 1.09 bits per heavy atom. The fraction of sp³-hybridized carbons (Fsp3) is 0.346. The summed E-state index contributed by atoms with van der Waals surface area (Å²) in [5.41, 5.74) is 0.504. The molecule has 1 fully saturated rings. The summed E-state index contributed by atoms with van der Waals surface area (Å²) in [6, 6.07) is 12.5. The van der Waals surface area contributed by atoms with E-state index in [1.807, 2.05) is 35.2 Å². The number of amides is 1. The monoisotopic (exact) mass is 482 g/mol. The Morgan fingerprint density at radius 3 is 2.49 bits per heavy atom. The molecular weight excluding hydrogens is 454 g/mol. The van der Waals surface area contributed by atoms with Crippen LogP contribution in [-0.4, -0.2) is 40.8 Å². The fourth-order valence-corrected chi connectivity index (χ4v) is 3.97. The maximum atomic E-state index is 14.6. The summed E-state index contributed by atoms with van der Waals surface area (Å²) in [7, 11) is 0. The van der Waals surface area contributed by atoms with Crippen LogP contribution in [0, 0.1) is 11.6 Å². The summed E-state index contributed by atoms with van der Waals surface area (Å²) >= 11 is 0. The number of carbonyl (C=O) groups is 1. The number of carbonyl (C=O) groups excluding carboxylic acids is 1. The highest BCUT2D eigenvalue weighted by molar-refractivity contribution is 5.68. The van der Waals surface area contributed by atoms with Crippen LogP contribution in [0.1, 0.15) is 37.8 Å². The zero-order valence-corrected chi connectivity index (χ0v) is 19.9. The predicted molar refractivity (Wildman–Crippen MR) is 127 cm³/mol. The van der Waals surface area contributed by atoms with Crippen LogP contribution in [0.2, 0.25) is 0 Å². The van der Waals surface area contributed by atoms with Crippen LogP contribution in [0.25, 0.3) is 0 Å². The molecule has 0 saturated carbocycles. The Balaban J connectivity index is 1.50. The van der Waals surface area contributed by atoms with Gasteiger partial charge in [0.05, 0.1) is 18.4 Å². The third kappa shape index (κ3) is 6.44. The maximum Gasteiger partial charge on any atom is 0.407 e. The average molecular weight is 483 g/mol. The number of benzene rings is 2. The molecule has 1 N–H and O–H groups in total. The molecule has 2 unspecified atom stereocenters. The molecule has 0 bridgehead atoms. The lowest BCUT2D eigenvalue weighted by atomic mass is 9.94. The van der Waals surface area contributed by atoms with Crippen LogP contribution < -0.4 is 15.0 Å². The van der Waals surface area contributed by atoms with Gasteiger partial charge in [0.2, 0.25) is 5.95 Å². The van der Waals surface area contributed by atoms with Crippen LogP contribution in [0.5, 0.6) is 5.75 Å². The minimum atomic E-state index is -0.694. The molecule has 0 spiro atoms. The van der Waals surface area contributed by atoms with Crippen LogP contribution >= 0.6 is 0 Å². The standard InChI is InChI=1S/C26H28F2N4O3/c1-26(2,3)35-25(33)31-23-15-32(14-21(23)20-11-18(27)9-10-22(20)28)24-29-12-19(13-30-24)34-16-17-7-5-4-6-8-17/h4-13,21,23H,14-16H2,1-3H3,(H,31,33). The summed E-state index contributed by atoms with van der Waals surface area (Å²) in [6.45, 7) is 6.23. The highest BCUT2D eigenvalue weighted by atomic mass is 19.1. The Morgan fingerprint density at radius 2 is 1.80 bits per heavy atom. The third-order valence-electron chi connectivity index (χ3n) is 5.53. The van der Waals surface area contributed by atoms with E-state index in [1.54, 1.807) is 33.2 Å². The van der Waals surface area contributed by atoms with Crippen molar-refractivity contribution in [3.8, 4) is 5.75 Å². The summed E-state index contributed by atoms with van der Waals surface area (Å²) in [4.78, 5) is 23.1. The Labute approximate surface area is 203 Å². The molecule has 1 aromatic heterocycles. The second kappa shape index (κ2) is 10.2. The average Bonchev–Trinajstić information content (AvgIpc) is 3.22. The van der Waals surface area contributed by atoms with E-state index in [2.05, 4.69) is 15.3 Å². The first-order chi connectivity index (χ1) is 16.7. The van der Waals surface area contributed by atoms with Crippen LogP contribution in [-0.2, 0) is 11.3 Å². The van der Waals surface area contributed by atoms with Gasteiger partial charge in [-0.05, 0) is 50.1 Å². The van der Waals surface area contributed by atoms with Gasteiger partial charge in [-0.1, -0.05) is 30.3 Å². The van der Waals surface area contributed by atoms with E-state index in [4.69, 9.17) is 9.47 Å². The molecule has 2 heterocycles. The number of nitrogens with one attached hydrogen (secondary N) is 1. The van der Waals surface area contributed by atoms with Crippen molar-refractivity contribution in [2.24, 2.45) is 0 Å². The fourth-order valence-electron chi connectivity index (χ4n) is 3.97. The van der Waals surface area contributed by atoms with Crippen molar-refractivity contribution in [3.05, 3.63) is 83.7 Å². The van der Waals surface area contributed by atoms with Gasteiger partial charge in [-0.3, -0.25) is 0 Å². The van der Waals surface area contributed by atoms with Crippen molar-refractivity contribution in [1.29, 1.82) is 0 Å². The summed E-state index contributed by atoms with van der Waals surface area (Å²) < 4.78 is 39.7. The second-order valence-corrected chi connectivity index (χ2v) is 9.42. The van der Waals surface area contributed by atoms with E-state index < -0.39 is 35.3 Å². The molecule has 2 atom stereocenters. The first-order valence-electron chi connectivity index (χ1n) is 11.4. The van der Waals surface area contributed by atoms with Gasteiger partial charge < -0.3 is 19.7 Å². The van der Waals surface area contributed by atoms with Crippen LogP contribution in [0.4, 0.5) is 19.5 Å². The molecule has 9 heteroatoms. The normalized spacial score (nSPS) is 17.8. The van der Waals surface area contributed by atoms with E-state index in [0.29, 0.717) is 24.8 Å². The lowest BCUT2D eigenvalue weighted by Gasteiger charge is -2.24. The smallest absolute Gasteiger partial charge is 0.407 e. The van der Waals surface area contributed by atoms with Crippen LogP contribution in [0.3, 0.4) is 0 Å². The minimum absolute atomic E-state index is 0.177. The van der Waals surface area contributed by atoms with Gasteiger partial charge in [-0.2, -0.15) is 0 Å². The Hall–Kier alpha value is -3.75. The van der Waals surface area contributed by atoms with Gasteiger partial charge in [0.15, 0.2) is 5.75 Å². The molecule has 4 rings (SSSR count). The molecule has 184 valence electrons. The maximum absolute atomic E-state index is 14.6. The lowest BCUT2D eigenvalue weighted by molar-refractivity contribution is 0.0504. The second-order valence-electron chi connectivity index (χ2n) is 9.42. The van der Waals surface area contributed by atoms with E-state index >= 15 is 0 Å². The molecule has 2 aromatic carbocycles. The molecular formula is C26H28F2N4O3. The predicted octanol–water partition coefficient (Wildman–Crippen LogP) is 4.83. The number of hydrogen-bond acceptors (Lipinski definition) is 6. The lowest BCUT2D eigenvalue weighted by Crippen LogP contribution is -2.43. The SMILES string of the molecule is CC(C)(C)OC(=O)NC1CN(c2ncc(OCc3ccccc3)cn2)CC1c1cc(F)ccc1F. The molecule has 1 amide bonds. The van der Waals surface area contributed by atoms with E-state index in [1.165, 1.54) is 0 Å². The molecule has 7 nitrogen and oxygen atoms in total. The van der Waals surface area contributed by atoms with Crippen molar-refractivity contribution in [2.45, 2.75) is 44.9 Å². The van der Waals surface area contributed by atoms with Gasteiger partial charge in [-0.25, -0.2) is 23.5 Å². The summed E-state index contributed by atoms with van der Waals surface area (Å²) in [5, 5.41) is 2.81. The number of halogens is 2. The first kappa shape index (κ1) is 24.4. The summed E-state index contributed by atoms with van der Waals surface area (Å²) in [6.07, 6.45) is 2.51. The molecule has 0 radical (unpaired) electrons. The van der Waals surface area contributed by atoms with Gasteiger partial charge in [0.1, 0.15) is 23.8 Å². The van der Waals surface area contributed by atoms with E-state index in [-0.39, 0.29) is 12.1 Å². The number of hydrogen-bond donors (Lipinski definition) is 1. The summed E-state index contributed by atoms with van der Waals surface area (Å²) in [5.74, 6) is -0.719. The molecule has 35 heavy (non-hydrogen) atoms. The first-order valence-corrected chi connectivity index (χ1v) is 11.4. The largest absolute Gasteiger partial charge is 0.486 e. The Kier molecular flexibility index (Phi) is 7.14. The molecule has 1 aliphatic heterocycles. The highest BCUT2D eigenvalue weighted by Gasteiger charge is 2.38. The van der Waals surface area contributed by atoms with Gasteiger partial charge in [0, 0.05) is 19.0 Å². The zero-order chi connectivity index (χ0) is 25.0. The number of rotatable bonds is 6. The van der Waals surface area contributed by atoms with Crippen LogP contribution in [0.15, 0.2) is 60.9 Å². The zero-order valence-electron chi connectivity index (χ0n) is 19.9. The molecule has 3 aromatic rings. The molecule has 1 aliphatic rings. The van der Waals surface area contributed by atoms with Gasteiger partial charge in [0.25, 0.3) is 0 Å². The van der Waals surface area contributed by atoms with Gasteiger partial charge in [-0.15, -0.1) is 0 Å². The molecule has 0 aliphatic carbocycles. The van der Waals surface area contributed by atoms with E-state index in [9.17, 15) is 13.6 Å².